The number of aryl methyl sites for hydroxylation is 1. The van der Waals surface area contributed by atoms with Gasteiger partial charge in [0.05, 0.1) is 16.3 Å². The molecule has 0 atom stereocenters. The maximum Gasteiger partial charge on any atom is 0.181 e. The Hall–Kier alpha value is -3.13. The third kappa shape index (κ3) is 5.95. The van der Waals surface area contributed by atoms with Gasteiger partial charge in [-0.1, -0.05) is 19.9 Å². The van der Waals surface area contributed by atoms with Crippen LogP contribution in [-0.2, 0) is 16.3 Å². The average Bonchev–Trinajstić information content (AvgIpc) is 3.20. The lowest BCUT2D eigenvalue weighted by molar-refractivity contribution is 0.0962. The van der Waals surface area contributed by atoms with Crippen molar-refractivity contribution < 1.29 is 18.0 Å². The van der Waals surface area contributed by atoms with Crippen molar-refractivity contribution >= 4 is 21.4 Å². The summed E-state index contributed by atoms with van der Waals surface area (Å²) in [5, 5.41) is 4.46. The van der Waals surface area contributed by atoms with Crippen molar-refractivity contribution in [2.45, 2.75) is 38.0 Å². The quantitative estimate of drug-likeness (QED) is 0.471. The van der Waals surface area contributed by atoms with Gasteiger partial charge in [-0.3, -0.25) is 9.59 Å². The SMILES string of the molecule is CC(C)CC(=O)c1cccc(C(=O)CCc2ccn(-c3ccc(S(C)(=O)=O)cc3)n2)n1. The van der Waals surface area contributed by atoms with E-state index >= 15 is 0 Å². The van der Waals surface area contributed by atoms with Gasteiger partial charge in [-0.15, -0.1) is 0 Å². The normalized spacial score (nSPS) is 11.6. The number of rotatable bonds is 9. The standard InChI is InChI=1S/C23H25N3O4S/c1-16(2)15-23(28)21-6-4-5-20(24-21)22(27)12-7-17-13-14-26(25-17)18-8-10-19(11-9-18)31(3,29)30/h4-6,8-11,13-14,16H,7,12,15H2,1-3H3. The van der Waals surface area contributed by atoms with Crippen LogP contribution in [-0.4, -0.2) is 41.0 Å². The maximum atomic E-state index is 12.6. The molecule has 31 heavy (non-hydrogen) atoms. The zero-order valence-corrected chi connectivity index (χ0v) is 18.6. The molecule has 3 rings (SSSR count). The second-order valence-corrected chi connectivity index (χ2v) is 9.89. The lowest BCUT2D eigenvalue weighted by Crippen LogP contribution is -2.10. The molecule has 0 bridgehead atoms. The van der Waals surface area contributed by atoms with Gasteiger partial charge in [-0.2, -0.15) is 5.10 Å². The molecule has 0 aliphatic rings. The Morgan fingerprint density at radius 3 is 2.23 bits per heavy atom. The molecule has 2 heterocycles. The number of hydrogen-bond donors (Lipinski definition) is 0. The predicted octanol–water partition coefficient (Wildman–Crippen LogP) is 3.72. The van der Waals surface area contributed by atoms with Gasteiger partial charge in [0.25, 0.3) is 0 Å². The fourth-order valence-corrected chi connectivity index (χ4v) is 3.71. The van der Waals surface area contributed by atoms with E-state index in [1.807, 2.05) is 19.9 Å². The summed E-state index contributed by atoms with van der Waals surface area (Å²) >= 11 is 0. The third-order valence-corrected chi connectivity index (χ3v) is 5.82. The average molecular weight is 440 g/mol. The first kappa shape index (κ1) is 22.6. The highest BCUT2D eigenvalue weighted by atomic mass is 32.2. The lowest BCUT2D eigenvalue weighted by atomic mass is 10.0. The molecule has 0 fully saturated rings. The summed E-state index contributed by atoms with van der Waals surface area (Å²) < 4.78 is 24.8. The number of nitrogens with zero attached hydrogens (tertiary/aromatic N) is 3. The molecule has 1 aromatic carbocycles. The molecule has 0 amide bonds. The highest BCUT2D eigenvalue weighted by molar-refractivity contribution is 7.90. The van der Waals surface area contributed by atoms with Crippen LogP contribution >= 0.6 is 0 Å². The molecule has 0 radical (unpaired) electrons. The van der Waals surface area contributed by atoms with Crippen molar-refractivity contribution in [2.24, 2.45) is 5.92 Å². The summed E-state index contributed by atoms with van der Waals surface area (Å²) in [7, 11) is -3.25. The van der Waals surface area contributed by atoms with Crippen molar-refractivity contribution in [3.05, 3.63) is 71.8 Å². The van der Waals surface area contributed by atoms with Gasteiger partial charge in [-0.25, -0.2) is 18.1 Å². The van der Waals surface area contributed by atoms with Crippen molar-refractivity contribution in [3.63, 3.8) is 0 Å². The third-order valence-electron chi connectivity index (χ3n) is 4.70. The van der Waals surface area contributed by atoms with Crippen LogP contribution in [0.4, 0.5) is 0 Å². The number of carbonyl (C=O) groups excluding carboxylic acids is 2. The van der Waals surface area contributed by atoms with E-state index in [0.29, 0.717) is 18.5 Å². The smallest absolute Gasteiger partial charge is 0.181 e. The molecule has 7 nitrogen and oxygen atoms in total. The number of benzene rings is 1. The van der Waals surface area contributed by atoms with Gasteiger partial charge in [0.2, 0.25) is 0 Å². The fraction of sp³-hybridized carbons (Fsp3) is 0.304. The van der Waals surface area contributed by atoms with Crippen LogP contribution in [0.25, 0.3) is 5.69 Å². The Labute approximate surface area is 182 Å². The molecule has 0 N–H and O–H groups in total. The van der Waals surface area contributed by atoms with Gasteiger partial charge >= 0.3 is 0 Å². The monoisotopic (exact) mass is 439 g/mol. The van der Waals surface area contributed by atoms with Crippen molar-refractivity contribution in [3.8, 4) is 5.69 Å². The molecule has 3 aromatic rings. The summed E-state index contributed by atoms with van der Waals surface area (Å²) in [5.74, 6) is 0.0166. The van der Waals surface area contributed by atoms with Crippen LogP contribution < -0.4 is 0 Å². The first-order chi connectivity index (χ1) is 14.6. The molecule has 0 spiro atoms. The Bertz CT molecular complexity index is 1200. The lowest BCUT2D eigenvalue weighted by Gasteiger charge is -2.05. The van der Waals surface area contributed by atoms with Crippen LogP contribution in [0.3, 0.4) is 0 Å². The van der Waals surface area contributed by atoms with E-state index in [9.17, 15) is 18.0 Å². The molecular formula is C23H25N3O4S. The Morgan fingerprint density at radius 1 is 0.968 bits per heavy atom. The van der Waals surface area contributed by atoms with Gasteiger partial charge < -0.3 is 0 Å². The van der Waals surface area contributed by atoms with E-state index in [4.69, 9.17) is 0 Å². The first-order valence-corrected chi connectivity index (χ1v) is 11.9. The molecule has 162 valence electrons. The van der Waals surface area contributed by atoms with E-state index in [1.165, 1.54) is 12.1 Å². The highest BCUT2D eigenvalue weighted by Crippen LogP contribution is 2.15. The van der Waals surface area contributed by atoms with Crippen molar-refractivity contribution in [2.75, 3.05) is 6.26 Å². The van der Waals surface area contributed by atoms with Gasteiger partial charge in [0.1, 0.15) is 11.4 Å². The summed E-state index contributed by atoms with van der Waals surface area (Å²) in [5.41, 5.74) is 2.06. The minimum atomic E-state index is -3.25. The number of carbonyl (C=O) groups is 2. The van der Waals surface area contributed by atoms with Crippen molar-refractivity contribution in [1.82, 2.24) is 14.8 Å². The summed E-state index contributed by atoms with van der Waals surface area (Å²) in [6.45, 7) is 3.93. The number of sulfone groups is 1. The molecule has 0 unspecified atom stereocenters. The molecule has 0 saturated carbocycles. The predicted molar refractivity (Wildman–Crippen MR) is 117 cm³/mol. The van der Waals surface area contributed by atoms with E-state index < -0.39 is 9.84 Å². The Kier molecular flexibility index (Phi) is 6.80. The van der Waals surface area contributed by atoms with Crippen LogP contribution in [0.15, 0.2) is 59.6 Å². The largest absolute Gasteiger partial charge is 0.292 e. The minimum Gasteiger partial charge on any atom is -0.292 e. The van der Waals surface area contributed by atoms with Crippen LogP contribution in [0.5, 0.6) is 0 Å². The zero-order valence-electron chi connectivity index (χ0n) is 17.8. The fourth-order valence-electron chi connectivity index (χ4n) is 3.08. The number of aromatic nitrogens is 3. The summed E-state index contributed by atoms with van der Waals surface area (Å²) in [6, 6.07) is 13.2. The topological polar surface area (TPSA) is 99.0 Å². The molecular weight excluding hydrogens is 414 g/mol. The van der Waals surface area contributed by atoms with E-state index in [-0.39, 0.29) is 34.5 Å². The van der Waals surface area contributed by atoms with E-state index in [0.717, 1.165) is 17.6 Å². The molecule has 2 aromatic heterocycles. The van der Waals surface area contributed by atoms with Gasteiger partial charge in [0.15, 0.2) is 21.4 Å². The molecule has 8 heteroatoms. The molecule has 0 saturated heterocycles. The molecule has 0 aliphatic carbocycles. The summed E-state index contributed by atoms with van der Waals surface area (Å²) in [4.78, 5) is 29.3. The minimum absolute atomic E-state index is 0.0646. The second kappa shape index (κ2) is 9.34. The Morgan fingerprint density at radius 2 is 1.61 bits per heavy atom. The summed E-state index contributed by atoms with van der Waals surface area (Å²) in [6.07, 6.45) is 3.97. The number of Topliss-reactive ketones (excluding diaryl/α,β-unsaturated/α-hetero) is 2. The first-order valence-electron chi connectivity index (χ1n) is 10.0. The van der Waals surface area contributed by atoms with Crippen LogP contribution in [0.1, 0.15) is 53.4 Å². The second-order valence-electron chi connectivity index (χ2n) is 7.87. The van der Waals surface area contributed by atoms with Gasteiger partial charge in [-0.05, 0) is 54.8 Å². The Balaban J connectivity index is 1.64. The zero-order chi connectivity index (χ0) is 22.6. The molecule has 0 aliphatic heterocycles. The number of ketones is 2. The number of pyridine rings is 1. The van der Waals surface area contributed by atoms with Crippen molar-refractivity contribution in [1.29, 1.82) is 0 Å². The van der Waals surface area contributed by atoms with Crippen LogP contribution in [0, 0.1) is 5.92 Å². The van der Waals surface area contributed by atoms with Crippen LogP contribution in [0.2, 0.25) is 0 Å². The van der Waals surface area contributed by atoms with E-state index in [1.54, 1.807) is 41.2 Å². The maximum absolute atomic E-state index is 12.6. The van der Waals surface area contributed by atoms with Gasteiger partial charge in [0, 0.05) is 25.3 Å². The highest BCUT2D eigenvalue weighted by Gasteiger charge is 2.14. The van der Waals surface area contributed by atoms with E-state index in [2.05, 4.69) is 10.1 Å². The number of hydrogen-bond acceptors (Lipinski definition) is 6.